The van der Waals surface area contributed by atoms with E-state index in [0.29, 0.717) is 6.54 Å². The number of nitrogens with one attached hydrogen (secondary N) is 1. The van der Waals surface area contributed by atoms with Gasteiger partial charge >= 0.3 is 0 Å². The molecule has 0 aliphatic heterocycles. The molecular weight excluding hydrogens is 329 g/mol. The molecular formula is C17H16FN3O2S. The van der Waals surface area contributed by atoms with Crippen molar-refractivity contribution in [3.05, 3.63) is 83.9 Å². The van der Waals surface area contributed by atoms with E-state index >= 15 is 0 Å². The van der Waals surface area contributed by atoms with Gasteiger partial charge in [-0.25, -0.2) is 17.5 Å². The summed E-state index contributed by atoms with van der Waals surface area (Å²) >= 11 is 0. The van der Waals surface area contributed by atoms with Crippen molar-refractivity contribution in [3.63, 3.8) is 0 Å². The quantitative estimate of drug-likeness (QED) is 0.747. The Bertz CT molecular complexity index is 907. The lowest BCUT2D eigenvalue weighted by Gasteiger charge is -2.11. The molecule has 3 aromatic rings. The molecule has 0 spiro atoms. The lowest BCUT2D eigenvalue weighted by Crippen LogP contribution is -2.24. The topological polar surface area (TPSA) is 64.0 Å². The maximum Gasteiger partial charge on any atom is 0.240 e. The number of benzene rings is 2. The summed E-state index contributed by atoms with van der Waals surface area (Å²) in [6.45, 7) is 0.707. The third-order valence-corrected chi connectivity index (χ3v) is 5.00. The van der Waals surface area contributed by atoms with Crippen LogP contribution in [0.2, 0.25) is 0 Å². The molecule has 5 nitrogen and oxygen atoms in total. The van der Waals surface area contributed by atoms with Gasteiger partial charge in [-0.05, 0) is 41.5 Å². The van der Waals surface area contributed by atoms with Gasteiger partial charge in [0.25, 0.3) is 0 Å². The number of aromatic nitrogens is 2. The zero-order chi connectivity index (χ0) is 17.0. The van der Waals surface area contributed by atoms with E-state index in [-0.39, 0.29) is 11.4 Å². The van der Waals surface area contributed by atoms with Gasteiger partial charge < -0.3 is 0 Å². The third kappa shape index (κ3) is 3.87. The van der Waals surface area contributed by atoms with E-state index in [9.17, 15) is 12.8 Å². The van der Waals surface area contributed by atoms with Gasteiger partial charge in [0.05, 0.1) is 11.4 Å². The maximum atomic E-state index is 12.9. The van der Waals surface area contributed by atoms with Crippen LogP contribution in [-0.2, 0) is 23.1 Å². The molecule has 0 atom stereocenters. The molecule has 0 unspecified atom stereocenters. The van der Waals surface area contributed by atoms with Gasteiger partial charge in [-0.15, -0.1) is 0 Å². The fourth-order valence-electron chi connectivity index (χ4n) is 2.32. The van der Waals surface area contributed by atoms with Crippen molar-refractivity contribution in [1.82, 2.24) is 14.5 Å². The maximum absolute atomic E-state index is 12.9. The average Bonchev–Trinajstić information content (AvgIpc) is 3.08. The molecule has 0 amide bonds. The molecule has 1 N–H and O–H groups in total. The second-order valence-corrected chi connectivity index (χ2v) is 7.02. The van der Waals surface area contributed by atoms with E-state index in [2.05, 4.69) is 9.82 Å². The number of halogens is 1. The minimum absolute atomic E-state index is 0.0356. The standard InChI is InChI=1S/C17H16FN3O2S/c18-16-6-8-17(9-7-16)24(22,23)20-12-14-4-1-2-5-15(14)13-21-11-3-10-19-21/h1-11,20H,12-13H2. The summed E-state index contributed by atoms with van der Waals surface area (Å²) in [5.41, 5.74) is 1.83. The second kappa shape index (κ2) is 6.94. The zero-order valence-corrected chi connectivity index (χ0v) is 13.6. The summed E-state index contributed by atoms with van der Waals surface area (Å²) in [4.78, 5) is 0.0356. The summed E-state index contributed by atoms with van der Waals surface area (Å²) in [7, 11) is -3.69. The van der Waals surface area contributed by atoms with Gasteiger partial charge in [0.1, 0.15) is 5.82 Å². The molecule has 3 rings (SSSR count). The lowest BCUT2D eigenvalue weighted by atomic mass is 10.1. The summed E-state index contributed by atoms with van der Waals surface area (Å²) < 4.78 is 41.8. The van der Waals surface area contributed by atoms with Crippen LogP contribution in [0.15, 0.2) is 71.9 Å². The van der Waals surface area contributed by atoms with Crippen molar-refractivity contribution in [2.24, 2.45) is 0 Å². The first-order valence-electron chi connectivity index (χ1n) is 7.34. The van der Waals surface area contributed by atoms with Crippen LogP contribution < -0.4 is 4.72 Å². The van der Waals surface area contributed by atoms with Crippen LogP contribution in [0.25, 0.3) is 0 Å². The predicted molar refractivity (Wildman–Crippen MR) is 88.2 cm³/mol. The van der Waals surface area contributed by atoms with E-state index in [1.54, 1.807) is 10.9 Å². The Morgan fingerprint density at radius 1 is 1.00 bits per heavy atom. The summed E-state index contributed by atoms with van der Waals surface area (Å²) in [5.74, 6) is -0.474. The minimum atomic E-state index is -3.69. The summed E-state index contributed by atoms with van der Waals surface area (Å²) in [6, 6.07) is 14.1. The van der Waals surface area contributed by atoms with Crippen molar-refractivity contribution in [3.8, 4) is 0 Å². The fraction of sp³-hybridized carbons (Fsp3) is 0.118. The highest BCUT2D eigenvalue weighted by molar-refractivity contribution is 7.89. The molecule has 0 aliphatic rings. The molecule has 1 heterocycles. The molecule has 124 valence electrons. The monoisotopic (exact) mass is 345 g/mol. The first-order chi connectivity index (χ1) is 11.5. The molecule has 0 aliphatic carbocycles. The first-order valence-corrected chi connectivity index (χ1v) is 8.82. The molecule has 1 aromatic heterocycles. The fourth-order valence-corrected chi connectivity index (χ4v) is 3.33. The highest BCUT2D eigenvalue weighted by atomic mass is 32.2. The van der Waals surface area contributed by atoms with Gasteiger partial charge in [-0.1, -0.05) is 24.3 Å². The first kappa shape index (κ1) is 16.4. The number of nitrogens with zero attached hydrogens (tertiary/aromatic N) is 2. The molecule has 0 saturated carbocycles. The number of rotatable bonds is 6. The molecule has 0 saturated heterocycles. The number of hydrogen-bond donors (Lipinski definition) is 1. The minimum Gasteiger partial charge on any atom is -0.268 e. The van der Waals surface area contributed by atoms with Crippen LogP contribution in [0.4, 0.5) is 4.39 Å². The Balaban J connectivity index is 1.75. The molecule has 0 radical (unpaired) electrons. The molecule has 0 bridgehead atoms. The van der Waals surface area contributed by atoms with E-state index in [1.165, 1.54) is 12.1 Å². The van der Waals surface area contributed by atoms with Gasteiger partial charge in [-0.2, -0.15) is 5.10 Å². The molecule has 0 fully saturated rings. The van der Waals surface area contributed by atoms with Crippen LogP contribution in [0.1, 0.15) is 11.1 Å². The highest BCUT2D eigenvalue weighted by Crippen LogP contribution is 2.13. The van der Waals surface area contributed by atoms with E-state index < -0.39 is 15.8 Å². The Kier molecular flexibility index (Phi) is 4.73. The Hall–Kier alpha value is -2.51. The van der Waals surface area contributed by atoms with Crippen LogP contribution in [0.5, 0.6) is 0 Å². The third-order valence-electron chi connectivity index (χ3n) is 3.59. The van der Waals surface area contributed by atoms with Gasteiger partial charge in [-0.3, -0.25) is 4.68 Å². The Morgan fingerprint density at radius 3 is 2.38 bits per heavy atom. The van der Waals surface area contributed by atoms with E-state index in [4.69, 9.17) is 0 Å². The number of hydrogen-bond acceptors (Lipinski definition) is 3. The van der Waals surface area contributed by atoms with Gasteiger partial charge in [0.2, 0.25) is 10.0 Å². The van der Waals surface area contributed by atoms with Crippen LogP contribution in [-0.4, -0.2) is 18.2 Å². The SMILES string of the molecule is O=S(=O)(NCc1ccccc1Cn1cccn1)c1ccc(F)cc1. The van der Waals surface area contributed by atoms with Crippen LogP contribution in [0.3, 0.4) is 0 Å². The van der Waals surface area contributed by atoms with Crippen molar-refractivity contribution in [2.45, 2.75) is 18.0 Å². The molecule has 24 heavy (non-hydrogen) atoms. The largest absolute Gasteiger partial charge is 0.268 e. The summed E-state index contributed by atoms with van der Waals surface area (Å²) in [5, 5.41) is 4.16. The van der Waals surface area contributed by atoms with Crippen molar-refractivity contribution >= 4 is 10.0 Å². The van der Waals surface area contributed by atoms with Crippen LogP contribution in [0, 0.1) is 5.82 Å². The average molecular weight is 345 g/mol. The van der Waals surface area contributed by atoms with Crippen molar-refractivity contribution in [1.29, 1.82) is 0 Å². The van der Waals surface area contributed by atoms with E-state index in [1.807, 2.05) is 36.5 Å². The van der Waals surface area contributed by atoms with E-state index in [0.717, 1.165) is 23.3 Å². The van der Waals surface area contributed by atoms with Gasteiger partial charge in [0.15, 0.2) is 0 Å². The normalized spacial score (nSPS) is 11.5. The summed E-state index contributed by atoms with van der Waals surface area (Å²) in [6.07, 6.45) is 3.54. The zero-order valence-electron chi connectivity index (χ0n) is 12.8. The van der Waals surface area contributed by atoms with Crippen molar-refractivity contribution in [2.75, 3.05) is 0 Å². The Morgan fingerprint density at radius 2 is 1.71 bits per heavy atom. The smallest absolute Gasteiger partial charge is 0.240 e. The molecule has 7 heteroatoms. The predicted octanol–water partition coefficient (Wildman–Crippen LogP) is 2.55. The second-order valence-electron chi connectivity index (χ2n) is 5.25. The molecule has 2 aromatic carbocycles. The lowest BCUT2D eigenvalue weighted by molar-refractivity contribution is 0.579. The highest BCUT2D eigenvalue weighted by Gasteiger charge is 2.14. The van der Waals surface area contributed by atoms with Crippen molar-refractivity contribution < 1.29 is 12.8 Å². The van der Waals surface area contributed by atoms with Gasteiger partial charge in [0, 0.05) is 18.9 Å². The Labute approximate surface area is 139 Å². The number of sulfonamides is 1. The van der Waals surface area contributed by atoms with Crippen LogP contribution >= 0.6 is 0 Å².